The lowest BCUT2D eigenvalue weighted by atomic mass is 10.1. The van der Waals surface area contributed by atoms with Crippen molar-refractivity contribution < 1.29 is 43.9 Å². The maximum absolute atomic E-state index is 14.5. The van der Waals surface area contributed by atoms with E-state index in [0.29, 0.717) is 51.0 Å². The predicted octanol–water partition coefficient (Wildman–Crippen LogP) is 13.3. The molecule has 0 N–H and O–H groups in total. The summed E-state index contributed by atoms with van der Waals surface area (Å²) in [6, 6.07) is 13.9. The molecule has 10 rings (SSSR count). The third-order valence-electron chi connectivity index (χ3n) is 9.01. The van der Waals surface area contributed by atoms with Gasteiger partial charge in [-0.15, -0.1) is 45.3 Å². The molecule has 10 aromatic rings. The van der Waals surface area contributed by atoms with Gasteiger partial charge in [-0.1, -0.05) is 0 Å². The molecule has 0 spiro atoms. The van der Waals surface area contributed by atoms with Crippen LogP contribution in [-0.2, 0) is 0 Å². The molecule has 0 amide bonds. The molecule has 276 valence electrons. The molecule has 0 aliphatic carbocycles. The number of nitrogens with zero attached hydrogens (tertiary/aromatic N) is 4. The molecule has 4 nitrogen and oxygen atoms in total. The van der Waals surface area contributed by atoms with Crippen LogP contribution >= 0.6 is 45.3 Å². The number of rotatable bonds is 4. The third-order valence-corrected chi connectivity index (χ3v) is 13.6. The SMILES string of the molecule is Fc1c(F)c(F)c(-c2cc3sc(-c4nc5cc6cc7sc(-c8cc9cnc(-c%10c(F)c(F)c(F)c(F)c%10F)cc9s8)nc7cc6cc5s4)cc3cn2)c(F)c1F. The number of aromatic nitrogens is 4. The van der Waals surface area contributed by atoms with Crippen LogP contribution in [0.4, 0.5) is 43.9 Å². The molecule has 18 heteroatoms. The van der Waals surface area contributed by atoms with Gasteiger partial charge < -0.3 is 0 Å². The summed E-state index contributed by atoms with van der Waals surface area (Å²) in [7, 11) is 0. The maximum atomic E-state index is 14.5. The third kappa shape index (κ3) is 5.23. The van der Waals surface area contributed by atoms with Crippen molar-refractivity contribution in [1.29, 1.82) is 0 Å². The Balaban J connectivity index is 0.978. The highest BCUT2D eigenvalue weighted by molar-refractivity contribution is 7.28. The Kier molecular flexibility index (Phi) is 7.77. The second-order valence-corrected chi connectivity index (χ2v) is 16.6. The van der Waals surface area contributed by atoms with Crippen LogP contribution in [0.25, 0.3) is 93.7 Å². The summed E-state index contributed by atoms with van der Waals surface area (Å²) >= 11 is 5.23. The molecule has 0 atom stereocenters. The average molecular weight is 841 g/mol. The standard InChI is InChI=1S/C38H10F10N4S4/c39-27-25(28(40)32(44)35(47)31(27)43)17-7-19-13(9-49-17)5-23(53-19)37-51-15-1-11-3-22-16(2-12(11)4-21(15)55-37)52-38(56-22)24-6-14-10-50-18(8-20(14)54-24)26-29(41)33(45)36(48)34(46)30(26)42/h1-10H. The zero-order chi connectivity index (χ0) is 38.9. The zero-order valence-electron chi connectivity index (χ0n) is 27.0. The van der Waals surface area contributed by atoms with E-state index >= 15 is 0 Å². The van der Waals surface area contributed by atoms with Gasteiger partial charge in [0.15, 0.2) is 46.5 Å². The fourth-order valence-corrected chi connectivity index (χ4v) is 10.5. The Hall–Kier alpha value is -5.56. The first kappa shape index (κ1) is 34.9. The summed E-state index contributed by atoms with van der Waals surface area (Å²) in [5.74, 6) is -20.6. The Morgan fingerprint density at radius 2 is 0.696 bits per heavy atom. The van der Waals surface area contributed by atoms with E-state index in [1.54, 1.807) is 12.1 Å². The van der Waals surface area contributed by atoms with Gasteiger partial charge in [0.05, 0.1) is 52.7 Å². The highest BCUT2D eigenvalue weighted by Crippen LogP contribution is 2.43. The summed E-state index contributed by atoms with van der Waals surface area (Å²) < 4.78 is 143. The minimum Gasteiger partial charge on any atom is -0.255 e. The quantitative estimate of drug-likeness (QED) is 0.101. The smallest absolute Gasteiger partial charge is 0.200 e. The van der Waals surface area contributed by atoms with Crippen molar-refractivity contribution >= 4 is 96.7 Å². The topological polar surface area (TPSA) is 51.6 Å². The van der Waals surface area contributed by atoms with Gasteiger partial charge in [0.25, 0.3) is 0 Å². The largest absolute Gasteiger partial charge is 0.255 e. The highest BCUT2D eigenvalue weighted by atomic mass is 32.1. The number of pyridine rings is 2. The molecule has 0 radical (unpaired) electrons. The molecule has 0 fully saturated rings. The molecular formula is C38H10F10N4S4. The fraction of sp³-hybridized carbons (Fsp3) is 0. The van der Waals surface area contributed by atoms with E-state index in [1.165, 1.54) is 69.9 Å². The van der Waals surface area contributed by atoms with E-state index < -0.39 is 80.7 Å². The van der Waals surface area contributed by atoms with Crippen LogP contribution in [-0.4, -0.2) is 19.9 Å². The Bertz CT molecular complexity index is 3010. The molecule has 0 unspecified atom stereocenters. The average Bonchev–Trinajstić information content (AvgIpc) is 4.00. The molecule has 0 saturated carbocycles. The van der Waals surface area contributed by atoms with Crippen molar-refractivity contribution in [3.05, 3.63) is 119 Å². The number of thiophene rings is 2. The van der Waals surface area contributed by atoms with E-state index in [4.69, 9.17) is 9.97 Å². The summed E-state index contributed by atoms with van der Waals surface area (Å²) in [5.41, 5.74) is -1.65. The number of thiazole rings is 2. The van der Waals surface area contributed by atoms with Crippen LogP contribution in [0.3, 0.4) is 0 Å². The van der Waals surface area contributed by atoms with E-state index in [9.17, 15) is 43.9 Å². The number of hydrogen-bond donors (Lipinski definition) is 0. The van der Waals surface area contributed by atoms with Gasteiger partial charge in [-0.25, -0.2) is 53.9 Å². The number of benzene rings is 4. The van der Waals surface area contributed by atoms with Crippen LogP contribution in [0.15, 0.2) is 60.9 Å². The first-order valence-electron chi connectivity index (χ1n) is 15.8. The van der Waals surface area contributed by atoms with E-state index in [1.807, 2.05) is 24.3 Å². The first-order chi connectivity index (χ1) is 26.8. The number of halogens is 10. The molecule has 0 aliphatic heterocycles. The first-order valence-corrected chi connectivity index (χ1v) is 19.1. The van der Waals surface area contributed by atoms with Crippen molar-refractivity contribution in [2.24, 2.45) is 0 Å². The number of fused-ring (bicyclic) bond motifs is 5. The van der Waals surface area contributed by atoms with Crippen LogP contribution in [0.5, 0.6) is 0 Å². The molecule has 6 aromatic heterocycles. The minimum atomic E-state index is -2.25. The van der Waals surface area contributed by atoms with E-state index in [0.717, 1.165) is 20.2 Å². The van der Waals surface area contributed by atoms with Gasteiger partial charge in [-0.05, 0) is 59.3 Å². The normalized spacial score (nSPS) is 12.1. The van der Waals surface area contributed by atoms with Crippen molar-refractivity contribution in [2.45, 2.75) is 0 Å². The molecule has 6 heterocycles. The Labute approximate surface area is 320 Å². The van der Waals surface area contributed by atoms with Crippen molar-refractivity contribution in [3.8, 4) is 42.3 Å². The lowest BCUT2D eigenvalue weighted by Gasteiger charge is -2.07. The van der Waals surface area contributed by atoms with Gasteiger partial charge in [0.2, 0.25) is 11.6 Å². The van der Waals surface area contributed by atoms with Gasteiger partial charge in [0.1, 0.15) is 10.0 Å². The van der Waals surface area contributed by atoms with Crippen LogP contribution in [0, 0.1) is 58.2 Å². The van der Waals surface area contributed by atoms with Gasteiger partial charge >= 0.3 is 0 Å². The van der Waals surface area contributed by atoms with Crippen molar-refractivity contribution in [1.82, 2.24) is 19.9 Å². The monoisotopic (exact) mass is 840 g/mol. The van der Waals surface area contributed by atoms with Gasteiger partial charge in [-0.3, -0.25) is 9.97 Å². The number of hydrogen-bond acceptors (Lipinski definition) is 8. The summed E-state index contributed by atoms with van der Waals surface area (Å²) in [6.07, 6.45) is 2.60. The van der Waals surface area contributed by atoms with Crippen LogP contribution in [0.2, 0.25) is 0 Å². The lowest BCUT2D eigenvalue weighted by Crippen LogP contribution is -2.04. The summed E-state index contributed by atoms with van der Waals surface area (Å²) in [5, 5.41) is 4.19. The molecular weight excluding hydrogens is 831 g/mol. The Morgan fingerprint density at radius 1 is 0.339 bits per heavy atom. The molecule has 0 saturated heterocycles. The summed E-state index contributed by atoms with van der Waals surface area (Å²) in [6.45, 7) is 0. The Morgan fingerprint density at radius 3 is 1.07 bits per heavy atom. The van der Waals surface area contributed by atoms with Crippen LogP contribution < -0.4 is 0 Å². The molecule has 56 heavy (non-hydrogen) atoms. The highest BCUT2D eigenvalue weighted by Gasteiger charge is 2.29. The second-order valence-electron chi connectivity index (χ2n) is 12.4. The van der Waals surface area contributed by atoms with E-state index in [-0.39, 0.29) is 0 Å². The van der Waals surface area contributed by atoms with Gasteiger partial charge in [-0.2, -0.15) is 0 Å². The minimum absolute atomic E-state index is 0.407. The maximum Gasteiger partial charge on any atom is 0.200 e. The molecule has 0 bridgehead atoms. The molecule has 0 aliphatic rings. The van der Waals surface area contributed by atoms with Crippen LogP contribution in [0.1, 0.15) is 0 Å². The van der Waals surface area contributed by atoms with Crippen molar-refractivity contribution in [2.75, 3.05) is 0 Å². The second kappa shape index (κ2) is 12.5. The summed E-state index contributed by atoms with van der Waals surface area (Å²) in [4.78, 5) is 19.0. The predicted molar refractivity (Wildman–Crippen MR) is 198 cm³/mol. The van der Waals surface area contributed by atoms with E-state index in [2.05, 4.69) is 9.97 Å². The van der Waals surface area contributed by atoms with Crippen molar-refractivity contribution in [3.63, 3.8) is 0 Å². The lowest BCUT2D eigenvalue weighted by molar-refractivity contribution is 0.381. The fourth-order valence-electron chi connectivity index (χ4n) is 6.32. The van der Waals surface area contributed by atoms with Gasteiger partial charge in [0, 0.05) is 32.6 Å². The molecule has 4 aromatic carbocycles. The zero-order valence-corrected chi connectivity index (χ0v) is 30.2.